The highest BCUT2D eigenvalue weighted by Gasteiger charge is 2.35. The Morgan fingerprint density at radius 3 is 2.56 bits per heavy atom. The number of anilines is 2. The monoisotopic (exact) mass is 376 g/mol. The van der Waals surface area contributed by atoms with Crippen LogP contribution in [0, 0.1) is 5.92 Å². The number of carbonyl (C=O) groups excluding carboxylic acids is 1. The Kier molecular flexibility index (Phi) is 4.49. The topological polar surface area (TPSA) is 49.3 Å². The summed E-state index contributed by atoms with van der Waals surface area (Å²) >= 11 is 0. The summed E-state index contributed by atoms with van der Waals surface area (Å²) in [7, 11) is 0. The zero-order valence-corrected chi connectivity index (χ0v) is 14.6. The number of carbonyl (C=O) groups is 1. The van der Waals surface area contributed by atoms with Crippen molar-refractivity contribution in [1.29, 1.82) is 0 Å². The highest BCUT2D eigenvalue weighted by Crippen LogP contribution is 2.33. The largest absolute Gasteiger partial charge is 0.433 e. The minimum atomic E-state index is -4.49. The smallest absolute Gasteiger partial charge is 0.356 e. The van der Waals surface area contributed by atoms with Gasteiger partial charge in [0.15, 0.2) is 0 Å². The molecule has 1 amide bonds. The number of piperidine rings is 1. The fourth-order valence-electron chi connectivity index (χ4n) is 3.82. The van der Waals surface area contributed by atoms with Gasteiger partial charge in [0.2, 0.25) is 5.91 Å². The number of nitrogens with zero attached hydrogens (tertiary/aromatic N) is 4. The molecule has 0 spiro atoms. The molecule has 2 aliphatic rings. The van der Waals surface area contributed by atoms with Gasteiger partial charge in [0.05, 0.1) is 0 Å². The summed E-state index contributed by atoms with van der Waals surface area (Å²) in [6, 6.07) is 8.88. The SMILES string of the molecule is O=C(C1CCN(c2cc(C(F)(F)F)ncn2)CC1)N1CCc2ccccc21. The lowest BCUT2D eigenvalue weighted by Crippen LogP contribution is -2.42. The predicted octanol–water partition coefficient (Wildman–Crippen LogP) is 3.30. The van der Waals surface area contributed by atoms with Crippen LogP contribution in [0.3, 0.4) is 0 Å². The van der Waals surface area contributed by atoms with E-state index in [0.29, 0.717) is 32.5 Å². The van der Waals surface area contributed by atoms with Crippen LogP contribution in [-0.2, 0) is 17.4 Å². The summed E-state index contributed by atoms with van der Waals surface area (Å²) < 4.78 is 38.5. The van der Waals surface area contributed by atoms with Gasteiger partial charge in [-0.2, -0.15) is 13.2 Å². The van der Waals surface area contributed by atoms with Gasteiger partial charge in [0, 0.05) is 37.3 Å². The molecule has 1 fully saturated rings. The molecule has 2 aliphatic heterocycles. The standard InChI is InChI=1S/C19H19F3N4O/c20-19(21,22)16-11-17(24-12-23-16)25-8-5-14(6-9-25)18(27)26-10-7-13-3-1-2-4-15(13)26/h1-4,11-12,14H,5-10H2. The molecule has 0 bridgehead atoms. The molecule has 0 N–H and O–H groups in total. The molecule has 2 aromatic rings. The molecule has 5 nitrogen and oxygen atoms in total. The molecular formula is C19H19F3N4O. The van der Waals surface area contributed by atoms with Gasteiger partial charge >= 0.3 is 6.18 Å². The van der Waals surface area contributed by atoms with Crippen molar-refractivity contribution >= 4 is 17.4 Å². The highest BCUT2D eigenvalue weighted by atomic mass is 19.4. The zero-order valence-electron chi connectivity index (χ0n) is 14.6. The van der Waals surface area contributed by atoms with Gasteiger partial charge in [0.1, 0.15) is 17.8 Å². The van der Waals surface area contributed by atoms with Crippen molar-refractivity contribution in [1.82, 2.24) is 9.97 Å². The van der Waals surface area contributed by atoms with E-state index in [-0.39, 0.29) is 17.6 Å². The number of alkyl halides is 3. The van der Waals surface area contributed by atoms with Crippen LogP contribution in [0.4, 0.5) is 24.7 Å². The number of halogens is 3. The quantitative estimate of drug-likeness (QED) is 0.807. The third-order valence-electron chi connectivity index (χ3n) is 5.26. The summed E-state index contributed by atoms with van der Waals surface area (Å²) in [5, 5.41) is 0. The molecule has 4 rings (SSSR count). The van der Waals surface area contributed by atoms with E-state index < -0.39 is 11.9 Å². The Balaban J connectivity index is 1.42. The molecule has 27 heavy (non-hydrogen) atoms. The third-order valence-corrected chi connectivity index (χ3v) is 5.26. The number of hydrogen-bond donors (Lipinski definition) is 0. The fourth-order valence-corrected chi connectivity index (χ4v) is 3.82. The molecule has 1 saturated heterocycles. The zero-order chi connectivity index (χ0) is 19.0. The first-order valence-corrected chi connectivity index (χ1v) is 8.97. The molecular weight excluding hydrogens is 357 g/mol. The number of benzene rings is 1. The minimum Gasteiger partial charge on any atom is -0.356 e. The minimum absolute atomic E-state index is 0.110. The Labute approximate surface area is 154 Å². The number of fused-ring (bicyclic) bond motifs is 1. The van der Waals surface area contributed by atoms with E-state index in [1.54, 1.807) is 4.90 Å². The average molecular weight is 376 g/mol. The van der Waals surface area contributed by atoms with E-state index in [2.05, 4.69) is 9.97 Å². The number of aromatic nitrogens is 2. The van der Waals surface area contributed by atoms with Crippen LogP contribution < -0.4 is 9.80 Å². The maximum absolute atomic E-state index is 12.9. The van der Waals surface area contributed by atoms with Gasteiger partial charge in [-0.3, -0.25) is 4.79 Å². The maximum atomic E-state index is 12.9. The summed E-state index contributed by atoms with van der Waals surface area (Å²) in [6.45, 7) is 1.69. The van der Waals surface area contributed by atoms with Gasteiger partial charge in [-0.15, -0.1) is 0 Å². The maximum Gasteiger partial charge on any atom is 0.433 e. The first kappa shape index (κ1) is 17.8. The molecule has 0 saturated carbocycles. The van der Waals surface area contributed by atoms with Crippen molar-refractivity contribution in [3.05, 3.63) is 47.9 Å². The molecule has 0 atom stereocenters. The summed E-state index contributed by atoms with van der Waals surface area (Å²) in [4.78, 5) is 23.8. The van der Waals surface area contributed by atoms with Crippen molar-refractivity contribution in [3.8, 4) is 0 Å². The molecule has 8 heteroatoms. The van der Waals surface area contributed by atoms with Crippen LogP contribution in [0.25, 0.3) is 0 Å². The molecule has 3 heterocycles. The Hall–Kier alpha value is -2.64. The Morgan fingerprint density at radius 2 is 1.81 bits per heavy atom. The van der Waals surface area contributed by atoms with Gasteiger partial charge in [-0.25, -0.2) is 9.97 Å². The number of amides is 1. The fraction of sp³-hybridized carbons (Fsp3) is 0.421. The van der Waals surface area contributed by atoms with Crippen LogP contribution in [0.15, 0.2) is 36.7 Å². The number of hydrogen-bond acceptors (Lipinski definition) is 4. The average Bonchev–Trinajstić information content (AvgIpc) is 3.11. The normalized spacial score (nSPS) is 17.9. The second-order valence-corrected chi connectivity index (χ2v) is 6.89. The molecule has 1 aromatic heterocycles. The Bertz CT molecular complexity index is 847. The van der Waals surface area contributed by atoms with E-state index in [4.69, 9.17) is 0 Å². The molecule has 0 aliphatic carbocycles. The summed E-state index contributed by atoms with van der Waals surface area (Å²) in [5.74, 6) is 0.254. The molecule has 0 unspecified atom stereocenters. The third kappa shape index (κ3) is 3.48. The van der Waals surface area contributed by atoms with Crippen LogP contribution in [0.2, 0.25) is 0 Å². The van der Waals surface area contributed by atoms with Crippen molar-refractivity contribution in [2.75, 3.05) is 29.4 Å². The van der Waals surface area contributed by atoms with Crippen molar-refractivity contribution < 1.29 is 18.0 Å². The van der Waals surface area contributed by atoms with E-state index in [9.17, 15) is 18.0 Å². The van der Waals surface area contributed by atoms with Gasteiger partial charge in [-0.1, -0.05) is 18.2 Å². The van der Waals surface area contributed by atoms with Crippen molar-refractivity contribution in [2.45, 2.75) is 25.4 Å². The predicted molar refractivity (Wildman–Crippen MR) is 94.5 cm³/mol. The van der Waals surface area contributed by atoms with E-state index in [1.807, 2.05) is 29.2 Å². The van der Waals surface area contributed by atoms with Crippen LogP contribution in [-0.4, -0.2) is 35.5 Å². The van der Waals surface area contributed by atoms with Crippen molar-refractivity contribution in [3.63, 3.8) is 0 Å². The molecule has 0 radical (unpaired) electrons. The van der Waals surface area contributed by atoms with Crippen molar-refractivity contribution in [2.24, 2.45) is 5.92 Å². The lowest BCUT2D eigenvalue weighted by atomic mass is 9.95. The number of rotatable bonds is 2. The van der Waals surface area contributed by atoms with Crippen LogP contribution in [0.1, 0.15) is 24.1 Å². The first-order chi connectivity index (χ1) is 12.9. The Morgan fingerprint density at radius 1 is 1.07 bits per heavy atom. The van der Waals surface area contributed by atoms with E-state index in [0.717, 1.165) is 24.5 Å². The first-order valence-electron chi connectivity index (χ1n) is 8.97. The number of para-hydroxylation sites is 1. The lowest BCUT2D eigenvalue weighted by molar-refractivity contribution is -0.141. The lowest BCUT2D eigenvalue weighted by Gasteiger charge is -2.34. The van der Waals surface area contributed by atoms with Gasteiger partial charge in [-0.05, 0) is 30.9 Å². The van der Waals surface area contributed by atoms with Gasteiger partial charge in [0.25, 0.3) is 0 Å². The van der Waals surface area contributed by atoms with E-state index in [1.165, 1.54) is 5.56 Å². The highest BCUT2D eigenvalue weighted by molar-refractivity contribution is 5.97. The van der Waals surface area contributed by atoms with Gasteiger partial charge < -0.3 is 9.80 Å². The summed E-state index contributed by atoms with van der Waals surface area (Å²) in [5.41, 5.74) is 1.22. The second-order valence-electron chi connectivity index (χ2n) is 6.89. The molecule has 1 aromatic carbocycles. The van der Waals surface area contributed by atoms with Crippen LogP contribution >= 0.6 is 0 Å². The van der Waals surface area contributed by atoms with Crippen LogP contribution in [0.5, 0.6) is 0 Å². The van der Waals surface area contributed by atoms with E-state index >= 15 is 0 Å². The summed E-state index contributed by atoms with van der Waals surface area (Å²) in [6.07, 6.45) is -1.49. The molecule has 142 valence electrons. The second kappa shape index (κ2) is 6.83.